The third-order valence-corrected chi connectivity index (χ3v) is 6.33. The molecule has 2 aromatic rings. The van der Waals surface area contributed by atoms with Crippen LogP contribution in [-0.2, 0) is 4.79 Å². The van der Waals surface area contributed by atoms with Crippen LogP contribution in [0, 0.1) is 13.8 Å². The maximum atomic E-state index is 12.4. The zero-order valence-corrected chi connectivity index (χ0v) is 20.2. The van der Waals surface area contributed by atoms with E-state index in [1.807, 2.05) is 39.0 Å². The lowest BCUT2D eigenvalue weighted by molar-refractivity contribution is -0.121. The minimum atomic E-state index is -0.100. The lowest BCUT2D eigenvalue weighted by Gasteiger charge is -2.15. The van der Waals surface area contributed by atoms with Gasteiger partial charge < -0.3 is 14.2 Å². The predicted octanol–water partition coefficient (Wildman–Crippen LogP) is 5.64. The molecule has 0 radical (unpaired) electrons. The molecule has 164 valence electrons. The molecule has 0 bridgehead atoms. The van der Waals surface area contributed by atoms with E-state index in [0.717, 1.165) is 22.4 Å². The highest BCUT2D eigenvalue weighted by Crippen LogP contribution is 2.39. The molecule has 0 saturated carbocycles. The van der Waals surface area contributed by atoms with Crippen LogP contribution in [0.5, 0.6) is 17.2 Å². The quantitative estimate of drug-likeness (QED) is 0.278. The van der Waals surface area contributed by atoms with E-state index in [0.29, 0.717) is 45.5 Å². The molecule has 1 fully saturated rings. The van der Waals surface area contributed by atoms with E-state index in [-0.39, 0.29) is 5.91 Å². The van der Waals surface area contributed by atoms with Crippen molar-refractivity contribution in [2.24, 2.45) is 0 Å². The number of likely N-dealkylation sites (N-methyl/N-ethyl adjacent to an activating group) is 1. The van der Waals surface area contributed by atoms with Crippen LogP contribution < -0.4 is 14.2 Å². The SMILES string of the molecule is CCN1C(=O)/C(=C/c2cc(Cl)c(OCCOc3cc(C)ccc3C)c(OC)c2)SC1=S. The molecule has 0 aliphatic carbocycles. The van der Waals surface area contributed by atoms with Crippen LogP contribution in [0.1, 0.15) is 23.6 Å². The lowest BCUT2D eigenvalue weighted by atomic mass is 10.1. The smallest absolute Gasteiger partial charge is 0.266 e. The number of thioether (sulfide) groups is 1. The summed E-state index contributed by atoms with van der Waals surface area (Å²) in [5.41, 5.74) is 2.94. The average molecular weight is 478 g/mol. The van der Waals surface area contributed by atoms with Crippen LogP contribution in [0.4, 0.5) is 0 Å². The number of hydrogen-bond donors (Lipinski definition) is 0. The lowest BCUT2D eigenvalue weighted by Crippen LogP contribution is -2.27. The first-order valence-electron chi connectivity index (χ1n) is 9.79. The van der Waals surface area contributed by atoms with Gasteiger partial charge in [0.25, 0.3) is 5.91 Å². The standard InChI is InChI=1S/C23H24ClNO4S2/c1-5-25-22(26)20(31-23(25)30)13-16-11-17(24)21(19(12-16)27-4)29-9-8-28-18-10-14(2)6-7-15(18)3/h6-7,10-13H,5,8-9H2,1-4H3/b20-13-. The van der Waals surface area contributed by atoms with Gasteiger partial charge in [-0.25, -0.2) is 0 Å². The summed E-state index contributed by atoms with van der Waals surface area (Å²) in [6, 6.07) is 9.59. The number of thiocarbonyl (C=S) groups is 1. The Balaban J connectivity index is 1.70. The third kappa shape index (κ3) is 5.53. The van der Waals surface area contributed by atoms with Crippen molar-refractivity contribution >= 4 is 51.9 Å². The minimum absolute atomic E-state index is 0.100. The van der Waals surface area contributed by atoms with E-state index in [4.69, 9.17) is 38.0 Å². The summed E-state index contributed by atoms with van der Waals surface area (Å²) in [5, 5.41) is 0.392. The molecule has 0 aromatic heterocycles. The Labute approximate surface area is 197 Å². The van der Waals surface area contributed by atoms with E-state index in [1.54, 1.807) is 30.2 Å². The maximum Gasteiger partial charge on any atom is 0.266 e. The van der Waals surface area contributed by atoms with Gasteiger partial charge in [0.1, 0.15) is 23.3 Å². The second kappa shape index (κ2) is 10.4. The summed E-state index contributed by atoms with van der Waals surface area (Å²) in [5.74, 6) is 1.65. The number of rotatable bonds is 8. The van der Waals surface area contributed by atoms with Crippen LogP contribution in [-0.4, -0.2) is 42.0 Å². The largest absolute Gasteiger partial charge is 0.493 e. The summed E-state index contributed by atoms with van der Waals surface area (Å²) in [6.45, 7) is 7.13. The summed E-state index contributed by atoms with van der Waals surface area (Å²) in [4.78, 5) is 14.6. The highest BCUT2D eigenvalue weighted by molar-refractivity contribution is 8.26. The van der Waals surface area contributed by atoms with Gasteiger partial charge in [0.2, 0.25) is 0 Å². The normalized spacial score (nSPS) is 15.0. The number of methoxy groups -OCH3 is 1. The molecule has 1 heterocycles. The second-order valence-corrected chi connectivity index (χ2v) is 9.01. The first-order chi connectivity index (χ1) is 14.8. The molecule has 1 amide bonds. The predicted molar refractivity (Wildman–Crippen MR) is 130 cm³/mol. The van der Waals surface area contributed by atoms with Crippen LogP contribution in [0.2, 0.25) is 5.02 Å². The van der Waals surface area contributed by atoms with Crippen LogP contribution in [0.15, 0.2) is 35.2 Å². The highest BCUT2D eigenvalue weighted by atomic mass is 35.5. The Kier molecular flexibility index (Phi) is 7.86. The van der Waals surface area contributed by atoms with Crippen LogP contribution in [0.25, 0.3) is 6.08 Å². The van der Waals surface area contributed by atoms with Crippen molar-refractivity contribution in [3.63, 3.8) is 0 Å². The number of benzene rings is 2. The topological polar surface area (TPSA) is 48.0 Å². The summed E-state index contributed by atoms with van der Waals surface area (Å²) in [7, 11) is 1.55. The number of ether oxygens (including phenoxy) is 3. The molecule has 0 atom stereocenters. The molecular formula is C23H24ClNO4S2. The number of aryl methyl sites for hydroxylation is 2. The van der Waals surface area contributed by atoms with E-state index in [9.17, 15) is 4.79 Å². The molecule has 8 heteroatoms. The minimum Gasteiger partial charge on any atom is -0.493 e. The molecule has 1 saturated heterocycles. The molecule has 0 unspecified atom stereocenters. The van der Waals surface area contributed by atoms with Gasteiger partial charge in [-0.15, -0.1) is 0 Å². The fraction of sp³-hybridized carbons (Fsp3) is 0.304. The van der Waals surface area contributed by atoms with E-state index < -0.39 is 0 Å². The van der Waals surface area contributed by atoms with Gasteiger partial charge in [0, 0.05) is 6.54 Å². The van der Waals surface area contributed by atoms with Gasteiger partial charge >= 0.3 is 0 Å². The van der Waals surface area contributed by atoms with Crippen molar-refractivity contribution in [2.45, 2.75) is 20.8 Å². The molecule has 1 aliphatic rings. The van der Waals surface area contributed by atoms with E-state index in [2.05, 4.69) is 0 Å². The van der Waals surface area contributed by atoms with Crippen molar-refractivity contribution in [2.75, 3.05) is 26.9 Å². The zero-order valence-electron chi connectivity index (χ0n) is 17.9. The highest BCUT2D eigenvalue weighted by Gasteiger charge is 2.30. The summed E-state index contributed by atoms with van der Waals surface area (Å²) >= 11 is 13.0. The number of halogens is 1. The van der Waals surface area contributed by atoms with Gasteiger partial charge in [-0.1, -0.05) is 47.7 Å². The molecule has 5 nitrogen and oxygen atoms in total. The Morgan fingerprint density at radius 3 is 2.55 bits per heavy atom. The van der Waals surface area contributed by atoms with Gasteiger partial charge in [0.15, 0.2) is 11.5 Å². The van der Waals surface area contributed by atoms with Gasteiger partial charge in [0.05, 0.1) is 17.0 Å². The van der Waals surface area contributed by atoms with Gasteiger partial charge in [-0.05, 0) is 61.7 Å². The maximum absolute atomic E-state index is 12.4. The fourth-order valence-electron chi connectivity index (χ4n) is 3.05. The van der Waals surface area contributed by atoms with Crippen molar-refractivity contribution < 1.29 is 19.0 Å². The van der Waals surface area contributed by atoms with E-state index in [1.165, 1.54) is 11.8 Å². The molecule has 3 rings (SSSR count). The van der Waals surface area contributed by atoms with Crippen molar-refractivity contribution in [3.05, 3.63) is 56.9 Å². The fourth-order valence-corrected chi connectivity index (χ4v) is 4.70. The molecule has 0 spiro atoms. The van der Waals surface area contributed by atoms with Crippen molar-refractivity contribution in [3.8, 4) is 17.2 Å². The zero-order chi connectivity index (χ0) is 22.5. The van der Waals surface area contributed by atoms with Gasteiger partial charge in [-0.2, -0.15) is 0 Å². The second-order valence-electron chi connectivity index (χ2n) is 6.93. The van der Waals surface area contributed by atoms with Crippen molar-refractivity contribution in [1.29, 1.82) is 0 Å². The molecule has 2 aromatic carbocycles. The van der Waals surface area contributed by atoms with Gasteiger partial charge in [-0.3, -0.25) is 9.69 Å². The summed E-state index contributed by atoms with van der Waals surface area (Å²) < 4.78 is 17.7. The van der Waals surface area contributed by atoms with Crippen molar-refractivity contribution in [1.82, 2.24) is 4.90 Å². The number of carbonyl (C=O) groups excluding carboxylic acids is 1. The Morgan fingerprint density at radius 1 is 1.13 bits per heavy atom. The number of carbonyl (C=O) groups is 1. The molecule has 1 aliphatic heterocycles. The number of amides is 1. The van der Waals surface area contributed by atoms with Crippen LogP contribution >= 0.6 is 35.6 Å². The average Bonchev–Trinajstić information content (AvgIpc) is 3.00. The van der Waals surface area contributed by atoms with E-state index >= 15 is 0 Å². The molecule has 0 N–H and O–H groups in total. The Bertz CT molecular complexity index is 1040. The molecular weight excluding hydrogens is 454 g/mol. The Hall–Kier alpha value is -2.22. The first kappa shape index (κ1) is 23.4. The third-order valence-electron chi connectivity index (χ3n) is 4.67. The van der Waals surface area contributed by atoms with Crippen LogP contribution in [0.3, 0.4) is 0 Å². The first-order valence-corrected chi connectivity index (χ1v) is 11.4. The monoisotopic (exact) mass is 477 g/mol. The number of hydrogen-bond acceptors (Lipinski definition) is 6. The number of nitrogens with zero attached hydrogens (tertiary/aromatic N) is 1. The molecule has 31 heavy (non-hydrogen) atoms. The Morgan fingerprint density at radius 2 is 1.87 bits per heavy atom. The summed E-state index contributed by atoms with van der Waals surface area (Å²) in [6.07, 6.45) is 1.76.